The Kier molecular flexibility index (Phi) is 13.0. The normalized spacial score (nSPS) is 12.8. The van der Waals surface area contributed by atoms with Gasteiger partial charge in [0.25, 0.3) is 0 Å². The van der Waals surface area contributed by atoms with Crippen LogP contribution in [0.5, 0.6) is 0 Å². The lowest BCUT2D eigenvalue weighted by molar-refractivity contribution is 1.33. The molecule has 0 unspecified atom stereocenters. The van der Waals surface area contributed by atoms with E-state index in [0.717, 1.165) is 0 Å². The molecular formula is C53H55NS9Si4. The maximum Gasteiger partial charge on any atom is 0.0904 e. The summed E-state index contributed by atoms with van der Waals surface area (Å²) in [5, 5.41) is 0. The van der Waals surface area contributed by atoms with Gasteiger partial charge in [-0.25, -0.2) is 0 Å². The van der Waals surface area contributed by atoms with Crippen molar-refractivity contribution in [3.05, 3.63) is 116 Å². The van der Waals surface area contributed by atoms with Crippen molar-refractivity contribution in [3.8, 4) is 90.5 Å². The van der Waals surface area contributed by atoms with Crippen LogP contribution in [0.4, 0.5) is 0 Å². The predicted octanol–water partition coefficient (Wildman–Crippen LogP) is 18.8. The first-order valence-electron chi connectivity index (χ1n) is 22.6. The predicted molar refractivity (Wildman–Crippen MR) is 326 cm³/mol. The molecule has 0 aliphatic heterocycles. The standard InChI is InChI=1S/C53H55NS9Si4/c1-64(2,3)47-21-17-37(57-47)34-30-45(62-52(34)42-19-23-49(59-42)66(7,8)9)39-14-13-36(55-39)33-29-44(32-25-27-54-28-26-32)61-51(33)41-16-15-40(56-41)46-31-35(38-18-22-48(58-38)65(4,5)6)53(63-46)43-20-24-50(60-43)67(10,11)12/h13-31H,1-12H3. The van der Waals surface area contributed by atoms with Crippen LogP contribution in [0.25, 0.3) is 90.5 Å². The molecule has 342 valence electrons. The SMILES string of the molecule is C[Si](C)(C)c1ccc(-c2cc(-c3ccc(-c4cc(-c5ccncc5)sc4-c4ccc(-c5cc(-c6ccc([Si](C)(C)C)s6)c(-c6ccc([Si](C)(C)C)s6)s5)s4)s3)sc2-c2ccc([Si](C)(C)C)s2)s1. The van der Waals surface area contributed by atoms with Gasteiger partial charge in [0.2, 0.25) is 0 Å². The fraction of sp³-hybridized carbons (Fsp3) is 0.226. The Morgan fingerprint density at radius 3 is 0.955 bits per heavy atom. The van der Waals surface area contributed by atoms with Crippen LogP contribution in [0.3, 0.4) is 0 Å². The summed E-state index contributed by atoms with van der Waals surface area (Å²) in [5.41, 5.74) is 5.31. The molecule has 10 heterocycles. The molecular weight excluding hydrogens is 1050 g/mol. The number of pyridine rings is 1. The first kappa shape index (κ1) is 48.0. The summed E-state index contributed by atoms with van der Waals surface area (Å²) >= 11 is 17.8. The van der Waals surface area contributed by atoms with Gasteiger partial charge in [0.15, 0.2) is 0 Å². The molecule has 10 rings (SSSR count). The third kappa shape index (κ3) is 9.87. The topological polar surface area (TPSA) is 12.9 Å². The average Bonchev–Trinajstić information content (AvgIpc) is 4.11. The zero-order valence-corrected chi connectivity index (χ0v) is 51.4. The fourth-order valence-electron chi connectivity index (χ4n) is 7.88. The maximum atomic E-state index is 4.37. The molecule has 10 aromatic heterocycles. The first-order valence-corrected chi connectivity index (χ1v) is 44.0. The summed E-state index contributed by atoms with van der Waals surface area (Å²) in [6.45, 7) is 29.6. The van der Waals surface area contributed by atoms with Gasteiger partial charge >= 0.3 is 0 Å². The second-order valence-corrected chi connectivity index (χ2v) is 52.5. The smallest absolute Gasteiger partial charge is 0.0904 e. The summed E-state index contributed by atoms with van der Waals surface area (Å²) in [4.78, 5) is 23.4. The van der Waals surface area contributed by atoms with Gasteiger partial charge in [0, 0.05) is 82.7 Å². The summed E-state index contributed by atoms with van der Waals surface area (Å²) in [5.74, 6) is 0. The molecule has 10 aromatic rings. The molecule has 1 nitrogen and oxygen atoms in total. The van der Waals surface area contributed by atoms with E-state index in [9.17, 15) is 0 Å². The third-order valence-electron chi connectivity index (χ3n) is 11.7. The lowest BCUT2D eigenvalue weighted by Crippen LogP contribution is -2.34. The van der Waals surface area contributed by atoms with E-state index in [4.69, 9.17) is 0 Å². The second-order valence-electron chi connectivity index (χ2n) is 21.3. The minimum absolute atomic E-state index is 1.21. The Morgan fingerprint density at radius 2 is 0.552 bits per heavy atom. The Balaban J connectivity index is 1.05. The number of aromatic nitrogens is 1. The molecule has 0 fully saturated rings. The lowest BCUT2D eigenvalue weighted by Gasteiger charge is -2.12. The number of thiophene rings is 9. The van der Waals surface area contributed by atoms with Crippen LogP contribution >= 0.6 is 102 Å². The molecule has 0 amide bonds. The van der Waals surface area contributed by atoms with Crippen LogP contribution in [0.1, 0.15) is 0 Å². The molecule has 0 aliphatic carbocycles. The zero-order chi connectivity index (χ0) is 47.2. The van der Waals surface area contributed by atoms with Gasteiger partial charge in [0.05, 0.1) is 46.9 Å². The van der Waals surface area contributed by atoms with E-state index < -0.39 is 32.3 Å². The maximum absolute atomic E-state index is 4.37. The fourth-order valence-corrected chi connectivity index (χ4v) is 25.8. The highest BCUT2D eigenvalue weighted by Gasteiger charge is 2.28. The van der Waals surface area contributed by atoms with Gasteiger partial charge < -0.3 is 0 Å². The van der Waals surface area contributed by atoms with Crippen LogP contribution in [-0.2, 0) is 0 Å². The molecule has 0 spiro atoms. The van der Waals surface area contributed by atoms with Gasteiger partial charge in [-0.2, -0.15) is 0 Å². The molecule has 0 N–H and O–H groups in total. The van der Waals surface area contributed by atoms with Crippen LogP contribution in [0.2, 0.25) is 78.6 Å². The van der Waals surface area contributed by atoms with E-state index >= 15 is 0 Å². The summed E-state index contributed by atoms with van der Waals surface area (Å²) < 4.78 is 6.27. The molecule has 67 heavy (non-hydrogen) atoms. The minimum atomic E-state index is -1.43. The highest BCUT2D eigenvalue weighted by Crippen LogP contribution is 2.53. The van der Waals surface area contributed by atoms with E-state index in [2.05, 4.69) is 187 Å². The summed E-state index contributed by atoms with van der Waals surface area (Å²) in [7, 11) is -5.73. The van der Waals surface area contributed by atoms with E-state index in [1.807, 2.05) is 114 Å². The van der Waals surface area contributed by atoms with Gasteiger partial charge in [-0.15, -0.1) is 102 Å². The van der Waals surface area contributed by atoms with Crippen molar-refractivity contribution >= 4 is 152 Å². The molecule has 0 atom stereocenters. The van der Waals surface area contributed by atoms with Crippen molar-refractivity contribution < 1.29 is 0 Å². The van der Waals surface area contributed by atoms with E-state index in [1.54, 1.807) is 18.0 Å². The van der Waals surface area contributed by atoms with Crippen molar-refractivity contribution in [2.45, 2.75) is 78.6 Å². The molecule has 14 heteroatoms. The summed E-state index contributed by atoms with van der Waals surface area (Å²) in [6.07, 6.45) is 3.83. The van der Waals surface area contributed by atoms with Gasteiger partial charge in [0.1, 0.15) is 0 Å². The van der Waals surface area contributed by atoms with Gasteiger partial charge in [-0.1, -0.05) is 103 Å². The highest BCUT2D eigenvalue weighted by atomic mass is 32.1. The molecule has 0 aliphatic rings. The molecule has 0 saturated heterocycles. The minimum Gasteiger partial charge on any atom is -0.265 e. The molecule has 0 saturated carbocycles. The zero-order valence-electron chi connectivity index (χ0n) is 40.1. The van der Waals surface area contributed by atoms with Crippen LogP contribution in [-0.4, -0.2) is 37.3 Å². The number of hydrogen-bond donors (Lipinski definition) is 0. The van der Waals surface area contributed by atoms with Crippen LogP contribution in [0.15, 0.2) is 116 Å². The van der Waals surface area contributed by atoms with E-state index in [1.165, 1.54) is 90.5 Å². The van der Waals surface area contributed by atoms with Gasteiger partial charge in [-0.05, 0) is 102 Å². The lowest BCUT2D eigenvalue weighted by atomic mass is 10.1. The first-order chi connectivity index (χ1) is 31.7. The second kappa shape index (κ2) is 18.2. The third-order valence-corrected chi connectivity index (χ3v) is 37.1. The van der Waals surface area contributed by atoms with Gasteiger partial charge in [-0.3, -0.25) is 4.98 Å². The van der Waals surface area contributed by atoms with Crippen molar-refractivity contribution in [1.29, 1.82) is 0 Å². The number of hydrogen-bond acceptors (Lipinski definition) is 10. The van der Waals surface area contributed by atoms with Crippen molar-refractivity contribution in [1.82, 2.24) is 4.98 Å². The molecule has 0 radical (unpaired) electrons. The van der Waals surface area contributed by atoms with Crippen molar-refractivity contribution in [3.63, 3.8) is 0 Å². The Labute approximate surface area is 437 Å². The number of nitrogens with zero attached hydrogens (tertiary/aromatic N) is 1. The Hall–Kier alpha value is -2.68. The largest absolute Gasteiger partial charge is 0.265 e. The van der Waals surface area contributed by atoms with E-state index in [0.29, 0.717) is 0 Å². The van der Waals surface area contributed by atoms with E-state index in [-0.39, 0.29) is 0 Å². The average molecular weight is 1110 g/mol. The molecule has 0 bridgehead atoms. The van der Waals surface area contributed by atoms with Crippen molar-refractivity contribution in [2.75, 3.05) is 0 Å². The Bertz CT molecular complexity index is 3020. The number of rotatable bonds is 13. The van der Waals surface area contributed by atoms with Crippen LogP contribution in [0, 0.1) is 0 Å². The van der Waals surface area contributed by atoms with Crippen molar-refractivity contribution in [2.24, 2.45) is 0 Å². The van der Waals surface area contributed by atoms with Crippen LogP contribution < -0.4 is 18.0 Å². The Morgan fingerprint density at radius 1 is 0.269 bits per heavy atom. The quantitative estimate of drug-likeness (QED) is 0.105. The summed E-state index contributed by atoms with van der Waals surface area (Å²) in [6, 6.07) is 40.5. The molecule has 0 aromatic carbocycles. The monoisotopic (exact) mass is 1110 g/mol. The highest BCUT2D eigenvalue weighted by molar-refractivity contribution is 7.35.